The summed E-state index contributed by atoms with van der Waals surface area (Å²) in [7, 11) is 1.63. The molecule has 0 unspecified atom stereocenters. The van der Waals surface area contributed by atoms with Gasteiger partial charge < -0.3 is 14.0 Å². The van der Waals surface area contributed by atoms with Gasteiger partial charge in [-0.05, 0) is 13.3 Å². The van der Waals surface area contributed by atoms with Crippen molar-refractivity contribution in [1.82, 2.24) is 10.1 Å². The zero-order valence-electron chi connectivity index (χ0n) is 8.86. The Morgan fingerprint density at radius 1 is 1.53 bits per heavy atom. The Labute approximate surface area is 87.6 Å². The van der Waals surface area contributed by atoms with Crippen LogP contribution in [0, 0.1) is 0 Å². The van der Waals surface area contributed by atoms with Crippen LogP contribution in [0.25, 0.3) is 0 Å². The van der Waals surface area contributed by atoms with Crippen molar-refractivity contribution in [3.63, 3.8) is 0 Å². The Kier molecular flexibility index (Phi) is 4.76. The number of nitrogens with zero attached hydrogens (tertiary/aromatic N) is 2. The van der Waals surface area contributed by atoms with Crippen molar-refractivity contribution in [2.24, 2.45) is 0 Å². The maximum atomic E-state index is 11.1. The lowest BCUT2D eigenvalue weighted by molar-refractivity contribution is 0.0470. The SMILES string of the molecule is CCOC(=O)c1nc(CCCOC)no1. The molecule has 15 heavy (non-hydrogen) atoms. The minimum absolute atomic E-state index is 0.0933. The van der Waals surface area contributed by atoms with Crippen molar-refractivity contribution in [3.05, 3.63) is 11.7 Å². The highest BCUT2D eigenvalue weighted by Gasteiger charge is 2.15. The van der Waals surface area contributed by atoms with E-state index in [0.717, 1.165) is 6.42 Å². The van der Waals surface area contributed by atoms with Crippen LogP contribution in [-0.4, -0.2) is 36.4 Å². The van der Waals surface area contributed by atoms with Gasteiger partial charge in [-0.15, -0.1) is 0 Å². The predicted octanol–water partition coefficient (Wildman–Crippen LogP) is 0.825. The van der Waals surface area contributed by atoms with Crippen LogP contribution in [-0.2, 0) is 15.9 Å². The molecule has 6 nitrogen and oxygen atoms in total. The van der Waals surface area contributed by atoms with Crippen molar-refractivity contribution in [2.75, 3.05) is 20.3 Å². The van der Waals surface area contributed by atoms with Crippen molar-refractivity contribution in [3.8, 4) is 0 Å². The monoisotopic (exact) mass is 214 g/mol. The molecule has 0 spiro atoms. The zero-order valence-corrected chi connectivity index (χ0v) is 8.86. The molecule has 0 N–H and O–H groups in total. The van der Waals surface area contributed by atoms with Gasteiger partial charge in [0.15, 0.2) is 5.82 Å². The molecule has 6 heteroatoms. The number of hydrogen-bond donors (Lipinski definition) is 0. The van der Waals surface area contributed by atoms with E-state index < -0.39 is 5.97 Å². The zero-order chi connectivity index (χ0) is 11.1. The molecule has 84 valence electrons. The number of esters is 1. The third-order valence-electron chi connectivity index (χ3n) is 1.67. The highest BCUT2D eigenvalue weighted by atomic mass is 16.6. The normalized spacial score (nSPS) is 10.3. The van der Waals surface area contributed by atoms with Crippen LogP contribution in [0.5, 0.6) is 0 Å². The average Bonchev–Trinajstić information content (AvgIpc) is 2.67. The molecule has 0 aliphatic rings. The summed E-state index contributed by atoms with van der Waals surface area (Å²) in [6.07, 6.45) is 1.41. The minimum atomic E-state index is -0.581. The summed E-state index contributed by atoms with van der Waals surface area (Å²) in [5, 5.41) is 3.65. The van der Waals surface area contributed by atoms with E-state index in [1.807, 2.05) is 0 Å². The fraction of sp³-hybridized carbons (Fsp3) is 0.667. The van der Waals surface area contributed by atoms with E-state index in [0.29, 0.717) is 25.5 Å². The standard InChI is InChI=1S/C9H14N2O4/c1-3-14-9(12)8-10-7(11-15-8)5-4-6-13-2/h3-6H2,1-2H3. The first-order valence-corrected chi connectivity index (χ1v) is 4.76. The van der Waals surface area contributed by atoms with Crippen LogP contribution in [0.4, 0.5) is 0 Å². The molecule has 1 heterocycles. The largest absolute Gasteiger partial charge is 0.459 e. The summed E-state index contributed by atoms with van der Waals surface area (Å²) in [5.41, 5.74) is 0. The van der Waals surface area contributed by atoms with Crippen LogP contribution in [0.2, 0.25) is 0 Å². The molecule has 1 rings (SSSR count). The summed E-state index contributed by atoms with van der Waals surface area (Å²) in [6.45, 7) is 2.64. The first kappa shape index (κ1) is 11.6. The summed E-state index contributed by atoms with van der Waals surface area (Å²) in [4.78, 5) is 15.0. The van der Waals surface area contributed by atoms with Gasteiger partial charge in [-0.25, -0.2) is 4.79 Å². The lowest BCUT2D eigenvalue weighted by atomic mass is 10.3. The molecule has 0 radical (unpaired) electrons. The van der Waals surface area contributed by atoms with Crippen LogP contribution in [0.15, 0.2) is 4.52 Å². The third-order valence-corrected chi connectivity index (χ3v) is 1.67. The number of ether oxygens (including phenoxy) is 2. The van der Waals surface area contributed by atoms with Crippen molar-refractivity contribution in [2.45, 2.75) is 19.8 Å². The van der Waals surface area contributed by atoms with Gasteiger partial charge in [-0.3, -0.25) is 0 Å². The van der Waals surface area contributed by atoms with Gasteiger partial charge in [0.1, 0.15) is 0 Å². The lowest BCUT2D eigenvalue weighted by Gasteiger charge is -1.94. The molecule has 1 aromatic rings. The highest BCUT2D eigenvalue weighted by molar-refractivity contribution is 5.83. The predicted molar refractivity (Wildman–Crippen MR) is 50.5 cm³/mol. The quantitative estimate of drug-likeness (QED) is 0.515. The van der Waals surface area contributed by atoms with Crippen LogP contribution < -0.4 is 0 Å². The van der Waals surface area contributed by atoms with E-state index in [-0.39, 0.29) is 5.89 Å². The number of carbonyl (C=O) groups is 1. The van der Waals surface area contributed by atoms with Crippen LogP contribution in [0.3, 0.4) is 0 Å². The first-order valence-electron chi connectivity index (χ1n) is 4.76. The van der Waals surface area contributed by atoms with E-state index in [9.17, 15) is 4.79 Å². The van der Waals surface area contributed by atoms with Crippen molar-refractivity contribution < 1.29 is 18.8 Å². The van der Waals surface area contributed by atoms with Gasteiger partial charge in [-0.2, -0.15) is 4.98 Å². The van der Waals surface area contributed by atoms with E-state index in [1.165, 1.54) is 0 Å². The Morgan fingerprint density at radius 3 is 3.00 bits per heavy atom. The van der Waals surface area contributed by atoms with Gasteiger partial charge in [-0.1, -0.05) is 5.16 Å². The maximum Gasteiger partial charge on any atom is 0.397 e. The lowest BCUT2D eigenvalue weighted by Crippen LogP contribution is -2.05. The molecular weight excluding hydrogens is 200 g/mol. The molecule has 0 fully saturated rings. The van der Waals surface area contributed by atoms with Gasteiger partial charge in [0.05, 0.1) is 6.61 Å². The first-order chi connectivity index (χ1) is 7.27. The molecule has 0 aliphatic heterocycles. The topological polar surface area (TPSA) is 74.5 Å². The number of hydrogen-bond acceptors (Lipinski definition) is 6. The number of carbonyl (C=O) groups excluding carboxylic acids is 1. The molecule has 0 saturated heterocycles. The fourth-order valence-corrected chi connectivity index (χ4v) is 1.01. The van der Waals surface area contributed by atoms with E-state index >= 15 is 0 Å². The summed E-state index contributed by atoms with van der Waals surface area (Å²) in [6, 6.07) is 0. The molecule has 0 amide bonds. The van der Waals surface area contributed by atoms with Crippen LogP contribution in [0.1, 0.15) is 29.9 Å². The molecular formula is C9H14N2O4. The second kappa shape index (κ2) is 6.13. The molecule has 1 aromatic heterocycles. The molecule has 0 atom stereocenters. The Hall–Kier alpha value is -1.43. The maximum absolute atomic E-state index is 11.1. The summed E-state index contributed by atoms with van der Waals surface area (Å²) < 4.78 is 14.3. The number of aryl methyl sites for hydroxylation is 1. The van der Waals surface area contributed by atoms with Crippen molar-refractivity contribution >= 4 is 5.97 Å². The highest BCUT2D eigenvalue weighted by Crippen LogP contribution is 2.02. The molecule has 0 aromatic carbocycles. The Morgan fingerprint density at radius 2 is 2.33 bits per heavy atom. The Bertz CT molecular complexity index is 311. The number of rotatable bonds is 6. The molecule has 0 bridgehead atoms. The molecule has 0 saturated carbocycles. The Balaban J connectivity index is 2.45. The smallest absolute Gasteiger partial charge is 0.397 e. The summed E-state index contributed by atoms with van der Waals surface area (Å²) >= 11 is 0. The van der Waals surface area contributed by atoms with E-state index in [1.54, 1.807) is 14.0 Å². The summed E-state index contributed by atoms with van der Waals surface area (Å²) in [5.74, 6) is -0.178. The van der Waals surface area contributed by atoms with Gasteiger partial charge in [0.2, 0.25) is 0 Å². The van der Waals surface area contributed by atoms with E-state index in [2.05, 4.69) is 10.1 Å². The minimum Gasteiger partial charge on any atom is -0.459 e. The van der Waals surface area contributed by atoms with E-state index in [4.69, 9.17) is 14.0 Å². The average molecular weight is 214 g/mol. The second-order valence-corrected chi connectivity index (χ2v) is 2.83. The van der Waals surface area contributed by atoms with Gasteiger partial charge in [0.25, 0.3) is 0 Å². The van der Waals surface area contributed by atoms with Crippen molar-refractivity contribution in [1.29, 1.82) is 0 Å². The van der Waals surface area contributed by atoms with Gasteiger partial charge >= 0.3 is 11.9 Å². The fourth-order valence-electron chi connectivity index (χ4n) is 1.01. The third kappa shape index (κ3) is 3.67. The number of aromatic nitrogens is 2. The number of methoxy groups -OCH3 is 1. The molecule has 0 aliphatic carbocycles. The van der Waals surface area contributed by atoms with Gasteiger partial charge in [0, 0.05) is 20.1 Å². The van der Waals surface area contributed by atoms with Crippen LogP contribution >= 0.6 is 0 Å². The second-order valence-electron chi connectivity index (χ2n) is 2.83.